The molecule has 0 aromatic carbocycles. The molecular weight excluding hydrogens is 228 g/mol. The van der Waals surface area contributed by atoms with Crippen LogP contribution in [-0.2, 0) is 24.0 Å². The molecule has 1 aliphatic carbocycles. The fourth-order valence-corrected chi connectivity index (χ4v) is 1.88. The maximum absolute atomic E-state index is 11.7. The minimum absolute atomic E-state index is 0.779. The van der Waals surface area contributed by atoms with Gasteiger partial charge in [-0.2, -0.15) is 0 Å². The van der Waals surface area contributed by atoms with Crippen LogP contribution in [0.25, 0.3) is 0 Å². The van der Waals surface area contributed by atoms with Crippen LogP contribution in [0, 0.1) is 11.8 Å². The van der Waals surface area contributed by atoms with Gasteiger partial charge in [0.15, 0.2) is 23.0 Å². The van der Waals surface area contributed by atoms with Crippen molar-refractivity contribution >= 4 is 28.9 Å². The van der Waals surface area contributed by atoms with E-state index in [1.165, 1.54) is 0 Å². The van der Waals surface area contributed by atoms with Crippen LogP contribution in [0.5, 0.6) is 0 Å². The minimum atomic E-state index is -2.46. The molecule has 17 heavy (non-hydrogen) atoms. The number of rotatable bonds is 2. The van der Waals surface area contributed by atoms with Gasteiger partial charge in [-0.25, -0.2) is 0 Å². The van der Waals surface area contributed by atoms with Crippen LogP contribution in [0.3, 0.4) is 0 Å². The Morgan fingerprint density at radius 3 is 1.53 bits per heavy atom. The van der Waals surface area contributed by atoms with E-state index in [1.54, 1.807) is 0 Å². The molecule has 6 heteroatoms. The van der Waals surface area contributed by atoms with E-state index in [9.17, 15) is 29.1 Å². The lowest BCUT2D eigenvalue weighted by Gasteiger charge is -2.32. The number of hydrogen-bond acceptors (Lipinski definition) is 6. The molecule has 6 nitrogen and oxygen atoms in total. The van der Waals surface area contributed by atoms with Gasteiger partial charge < -0.3 is 5.11 Å². The minimum Gasteiger partial charge on any atom is -0.375 e. The average molecular weight is 240 g/mol. The average Bonchev–Trinajstić information content (AvgIpc) is 2.14. The van der Waals surface area contributed by atoms with Gasteiger partial charge in [-0.1, -0.05) is 0 Å². The third kappa shape index (κ3) is 1.84. The number of carbonyl (C=O) groups is 5. The lowest BCUT2D eigenvalue weighted by Crippen LogP contribution is -2.61. The number of carbonyl (C=O) groups excluding carboxylic acids is 5. The quantitative estimate of drug-likeness (QED) is 0.612. The highest BCUT2D eigenvalue weighted by Crippen LogP contribution is 2.29. The van der Waals surface area contributed by atoms with Crippen LogP contribution in [0.1, 0.15) is 20.8 Å². The van der Waals surface area contributed by atoms with Gasteiger partial charge in [0.25, 0.3) is 0 Å². The highest BCUT2D eigenvalue weighted by atomic mass is 16.3. The van der Waals surface area contributed by atoms with E-state index in [-0.39, 0.29) is 0 Å². The van der Waals surface area contributed by atoms with Gasteiger partial charge in [0.05, 0.1) is 0 Å². The van der Waals surface area contributed by atoms with Crippen molar-refractivity contribution in [2.45, 2.75) is 26.4 Å². The highest BCUT2D eigenvalue weighted by molar-refractivity contribution is 6.40. The van der Waals surface area contributed by atoms with E-state index in [4.69, 9.17) is 0 Å². The van der Waals surface area contributed by atoms with Gasteiger partial charge in [0, 0.05) is 0 Å². The zero-order chi connectivity index (χ0) is 13.5. The van der Waals surface area contributed by atoms with Crippen LogP contribution < -0.4 is 0 Å². The van der Waals surface area contributed by atoms with Gasteiger partial charge in [0.2, 0.25) is 0 Å². The Balaban J connectivity index is 3.37. The maximum atomic E-state index is 11.7. The van der Waals surface area contributed by atoms with Gasteiger partial charge in [-0.15, -0.1) is 0 Å². The second kappa shape index (κ2) is 3.96. The molecule has 2 unspecified atom stereocenters. The first-order valence-electron chi connectivity index (χ1n) is 4.98. The second-order valence-electron chi connectivity index (χ2n) is 4.29. The summed E-state index contributed by atoms with van der Waals surface area (Å²) in [4.78, 5) is 57.4. The van der Waals surface area contributed by atoms with Crippen molar-refractivity contribution in [2.75, 3.05) is 0 Å². The Labute approximate surface area is 97.0 Å². The van der Waals surface area contributed by atoms with Crippen molar-refractivity contribution in [3.05, 3.63) is 0 Å². The van der Waals surface area contributed by atoms with E-state index in [1.807, 2.05) is 0 Å². The normalized spacial score (nSPS) is 33.8. The smallest absolute Gasteiger partial charge is 0.189 e. The Hall–Kier alpha value is -1.69. The van der Waals surface area contributed by atoms with Gasteiger partial charge >= 0.3 is 0 Å². The van der Waals surface area contributed by atoms with E-state index >= 15 is 0 Å². The van der Waals surface area contributed by atoms with E-state index in [2.05, 4.69) is 0 Å². The number of ketones is 5. The second-order valence-corrected chi connectivity index (χ2v) is 4.29. The molecule has 0 heterocycles. The largest absolute Gasteiger partial charge is 0.375 e. The van der Waals surface area contributed by atoms with Gasteiger partial charge in [-0.05, 0) is 20.8 Å². The maximum Gasteiger partial charge on any atom is 0.189 e. The summed E-state index contributed by atoms with van der Waals surface area (Å²) < 4.78 is 0. The first kappa shape index (κ1) is 13.4. The fraction of sp³-hybridized carbons (Fsp3) is 0.545. The molecule has 1 N–H and O–H groups in total. The predicted molar refractivity (Wildman–Crippen MR) is 54.0 cm³/mol. The molecule has 92 valence electrons. The lowest BCUT2D eigenvalue weighted by atomic mass is 9.68. The van der Waals surface area contributed by atoms with E-state index in [0.717, 1.165) is 20.8 Å². The summed E-state index contributed by atoms with van der Waals surface area (Å²) in [5, 5.41) is 9.71. The fourth-order valence-electron chi connectivity index (χ4n) is 1.88. The molecule has 1 aliphatic rings. The molecule has 0 saturated heterocycles. The molecule has 0 aromatic rings. The molecule has 1 fully saturated rings. The molecule has 0 aliphatic heterocycles. The summed E-state index contributed by atoms with van der Waals surface area (Å²) >= 11 is 0. The van der Waals surface area contributed by atoms with Crippen molar-refractivity contribution in [3.8, 4) is 0 Å². The van der Waals surface area contributed by atoms with Crippen LogP contribution in [0.4, 0.5) is 0 Å². The van der Waals surface area contributed by atoms with Gasteiger partial charge in [-0.3, -0.25) is 24.0 Å². The van der Waals surface area contributed by atoms with Crippen LogP contribution in [-0.4, -0.2) is 39.6 Å². The number of Topliss-reactive ketones (excluding diaryl/α,β-unsaturated/α-hetero) is 5. The molecule has 0 radical (unpaired) electrons. The Morgan fingerprint density at radius 1 is 1.00 bits per heavy atom. The Bertz CT molecular complexity index is 407. The Morgan fingerprint density at radius 2 is 1.29 bits per heavy atom. The molecule has 0 aromatic heterocycles. The zero-order valence-corrected chi connectivity index (χ0v) is 9.64. The molecule has 1 saturated carbocycles. The van der Waals surface area contributed by atoms with Crippen molar-refractivity contribution < 1.29 is 29.1 Å². The van der Waals surface area contributed by atoms with Crippen LogP contribution >= 0.6 is 0 Å². The van der Waals surface area contributed by atoms with Crippen LogP contribution in [0.15, 0.2) is 0 Å². The lowest BCUT2D eigenvalue weighted by molar-refractivity contribution is -0.165. The molecule has 1 rings (SSSR count). The van der Waals surface area contributed by atoms with Crippen molar-refractivity contribution in [1.82, 2.24) is 0 Å². The predicted octanol–water partition coefficient (Wildman–Crippen LogP) is -1.13. The zero-order valence-electron chi connectivity index (χ0n) is 9.64. The monoisotopic (exact) mass is 240 g/mol. The number of hydrogen-bond donors (Lipinski definition) is 1. The van der Waals surface area contributed by atoms with E-state index in [0.29, 0.717) is 0 Å². The molecular formula is C11H12O6. The first-order valence-corrected chi connectivity index (χ1v) is 4.98. The van der Waals surface area contributed by atoms with E-state index < -0.39 is 46.4 Å². The van der Waals surface area contributed by atoms with Crippen LogP contribution in [0.2, 0.25) is 0 Å². The first-order chi connectivity index (χ1) is 7.62. The topological polar surface area (TPSA) is 106 Å². The standard InChI is InChI=1S/C11H12O6/c1-4(12)6-8(14)7(5(2)13)10(16)11(3,17)9(6)15/h6-7,17H,1-3H3. The SMILES string of the molecule is CC(=O)C1C(=O)C(C(C)=O)C(=O)C(C)(O)C1=O. The molecule has 2 atom stereocenters. The number of aliphatic hydroxyl groups is 1. The summed E-state index contributed by atoms with van der Waals surface area (Å²) in [5.41, 5.74) is -2.46. The van der Waals surface area contributed by atoms with Gasteiger partial charge in [0.1, 0.15) is 23.4 Å². The summed E-state index contributed by atoms with van der Waals surface area (Å²) in [6.07, 6.45) is 0. The summed E-state index contributed by atoms with van der Waals surface area (Å²) in [6.45, 7) is 2.91. The Kier molecular flexibility index (Phi) is 3.11. The highest BCUT2D eigenvalue weighted by Gasteiger charge is 2.58. The molecule has 0 spiro atoms. The summed E-state index contributed by atoms with van der Waals surface area (Å²) in [5.74, 6) is -8.35. The van der Waals surface area contributed by atoms with Crippen molar-refractivity contribution in [2.24, 2.45) is 11.8 Å². The third-order valence-electron chi connectivity index (χ3n) is 2.87. The molecule has 0 amide bonds. The summed E-state index contributed by atoms with van der Waals surface area (Å²) in [6, 6.07) is 0. The molecule has 0 bridgehead atoms. The summed E-state index contributed by atoms with van der Waals surface area (Å²) in [7, 11) is 0. The van der Waals surface area contributed by atoms with Crippen molar-refractivity contribution in [1.29, 1.82) is 0 Å². The third-order valence-corrected chi connectivity index (χ3v) is 2.87. The van der Waals surface area contributed by atoms with Crippen molar-refractivity contribution in [3.63, 3.8) is 0 Å².